The summed E-state index contributed by atoms with van der Waals surface area (Å²) < 4.78 is 2.25. The van der Waals surface area contributed by atoms with Crippen molar-refractivity contribution in [2.24, 2.45) is 5.10 Å². The molecule has 0 unspecified atom stereocenters. The van der Waals surface area contributed by atoms with Crippen molar-refractivity contribution in [1.29, 1.82) is 0 Å². The van der Waals surface area contributed by atoms with Crippen LogP contribution in [0.15, 0.2) is 71.8 Å². The zero-order chi connectivity index (χ0) is 20.4. The van der Waals surface area contributed by atoms with Gasteiger partial charge in [-0.2, -0.15) is 5.10 Å². The topological polar surface area (TPSA) is 89.5 Å². The number of hydrogen-bond donors (Lipinski definition) is 1. The number of hydrogen-bond acceptors (Lipinski definition) is 4. The Morgan fingerprint density at radius 2 is 1.79 bits per heavy atom. The first-order chi connectivity index (χ1) is 14.1. The highest BCUT2D eigenvalue weighted by Gasteiger charge is 2.10. The molecule has 1 aromatic heterocycles. The Bertz CT molecular complexity index is 1260. The van der Waals surface area contributed by atoms with Crippen LogP contribution in [0.25, 0.3) is 21.8 Å². The number of benzene rings is 3. The number of carbonyl (C=O) groups excluding carboxylic acids is 1. The number of non-ortho nitro benzene ring substituents is 1. The number of nitrogens with one attached hydrogen (secondary N) is 1. The first-order valence-electron chi connectivity index (χ1n) is 9.17. The van der Waals surface area contributed by atoms with Crippen molar-refractivity contribution >= 4 is 39.6 Å². The van der Waals surface area contributed by atoms with Gasteiger partial charge in [-0.3, -0.25) is 14.9 Å². The fourth-order valence-corrected chi connectivity index (χ4v) is 3.45. The van der Waals surface area contributed by atoms with Gasteiger partial charge in [0.2, 0.25) is 0 Å². The minimum Gasteiger partial charge on any atom is -0.341 e. The van der Waals surface area contributed by atoms with E-state index in [9.17, 15) is 14.9 Å². The molecule has 1 heterocycles. The van der Waals surface area contributed by atoms with E-state index in [2.05, 4.69) is 40.2 Å². The second-order valence-corrected chi connectivity index (χ2v) is 6.54. The van der Waals surface area contributed by atoms with Crippen molar-refractivity contribution in [2.45, 2.75) is 13.5 Å². The van der Waals surface area contributed by atoms with Crippen LogP contribution in [0, 0.1) is 10.1 Å². The summed E-state index contributed by atoms with van der Waals surface area (Å²) in [5.74, 6) is -0.431. The molecule has 0 saturated heterocycles. The predicted octanol–water partition coefficient (Wildman–Crippen LogP) is 4.49. The van der Waals surface area contributed by atoms with E-state index >= 15 is 0 Å². The van der Waals surface area contributed by atoms with Crippen LogP contribution in [-0.2, 0) is 6.54 Å². The van der Waals surface area contributed by atoms with E-state index in [1.807, 2.05) is 24.3 Å². The monoisotopic (exact) mass is 386 g/mol. The van der Waals surface area contributed by atoms with Gasteiger partial charge in [0, 0.05) is 46.0 Å². The SMILES string of the molecule is CCn1c2ccccc2c2ccc(/C=N/NC(=O)c3ccc([N+](=O)[O-])cc3)cc21. The van der Waals surface area contributed by atoms with Crippen LogP contribution in [-0.4, -0.2) is 21.6 Å². The molecule has 0 aliphatic carbocycles. The van der Waals surface area contributed by atoms with Crippen LogP contribution in [0.3, 0.4) is 0 Å². The van der Waals surface area contributed by atoms with Crippen LogP contribution in [0.5, 0.6) is 0 Å². The Kier molecular flexibility index (Phi) is 4.78. The average molecular weight is 386 g/mol. The van der Waals surface area contributed by atoms with Gasteiger partial charge < -0.3 is 4.57 Å². The van der Waals surface area contributed by atoms with E-state index in [1.165, 1.54) is 40.6 Å². The first-order valence-corrected chi connectivity index (χ1v) is 9.17. The summed E-state index contributed by atoms with van der Waals surface area (Å²) >= 11 is 0. The number of nitrogens with zero attached hydrogens (tertiary/aromatic N) is 3. The molecular weight excluding hydrogens is 368 g/mol. The minimum absolute atomic E-state index is 0.0651. The molecule has 0 spiro atoms. The number of hydrazone groups is 1. The Balaban J connectivity index is 1.56. The lowest BCUT2D eigenvalue weighted by Gasteiger charge is -2.03. The maximum absolute atomic E-state index is 12.1. The molecule has 3 aromatic carbocycles. The van der Waals surface area contributed by atoms with Crippen LogP contribution >= 0.6 is 0 Å². The number of aryl methyl sites for hydroxylation is 1. The van der Waals surface area contributed by atoms with Gasteiger partial charge in [0.15, 0.2) is 0 Å². The van der Waals surface area contributed by atoms with Crippen molar-refractivity contribution in [2.75, 3.05) is 0 Å². The fraction of sp³-hybridized carbons (Fsp3) is 0.0909. The molecule has 0 radical (unpaired) electrons. The highest BCUT2D eigenvalue weighted by atomic mass is 16.6. The lowest BCUT2D eigenvalue weighted by atomic mass is 10.1. The third-order valence-corrected chi connectivity index (χ3v) is 4.83. The van der Waals surface area contributed by atoms with Crippen LogP contribution in [0.1, 0.15) is 22.8 Å². The lowest BCUT2D eigenvalue weighted by molar-refractivity contribution is -0.384. The second-order valence-electron chi connectivity index (χ2n) is 6.54. The minimum atomic E-state index is -0.508. The van der Waals surface area contributed by atoms with Gasteiger partial charge in [0.1, 0.15) is 0 Å². The van der Waals surface area contributed by atoms with E-state index in [-0.39, 0.29) is 5.69 Å². The largest absolute Gasteiger partial charge is 0.341 e. The molecule has 4 rings (SSSR count). The normalized spacial score (nSPS) is 11.3. The van der Waals surface area contributed by atoms with E-state index in [1.54, 1.807) is 6.21 Å². The fourth-order valence-electron chi connectivity index (χ4n) is 3.45. The number of fused-ring (bicyclic) bond motifs is 3. The summed E-state index contributed by atoms with van der Waals surface area (Å²) in [4.78, 5) is 22.3. The maximum atomic E-state index is 12.1. The van der Waals surface area contributed by atoms with Crippen LogP contribution in [0.4, 0.5) is 5.69 Å². The molecule has 1 amide bonds. The van der Waals surface area contributed by atoms with Gasteiger partial charge in [-0.05, 0) is 36.8 Å². The van der Waals surface area contributed by atoms with Gasteiger partial charge in [-0.25, -0.2) is 5.43 Å². The number of amides is 1. The van der Waals surface area contributed by atoms with Crippen molar-refractivity contribution < 1.29 is 9.72 Å². The van der Waals surface area contributed by atoms with Crippen molar-refractivity contribution in [3.05, 3.63) is 88.0 Å². The highest BCUT2D eigenvalue weighted by Crippen LogP contribution is 2.29. The first kappa shape index (κ1) is 18.4. The van der Waals surface area contributed by atoms with Gasteiger partial charge in [-0.15, -0.1) is 0 Å². The number of nitro groups is 1. The zero-order valence-corrected chi connectivity index (χ0v) is 15.7. The summed E-state index contributed by atoms with van der Waals surface area (Å²) in [5, 5.41) is 17.1. The van der Waals surface area contributed by atoms with E-state index < -0.39 is 10.8 Å². The molecule has 0 aliphatic heterocycles. The van der Waals surface area contributed by atoms with Crippen LogP contribution < -0.4 is 5.43 Å². The van der Waals surface area contributed by atoms with Crippen molar-refractivity contribution in [3.63, 3.8) is 0 Å². The molecule has 0 fully saturated rings. The molecule has 29 heavy (non-hydrogen) atoms. The van der Waals surface area contributed by atoms with Gasteiger partial charge in [0.25, 0.3) is 11.6 Å². The number of aromatic nitrogens is 1. The third-order valence-electron chi connectivity index (χ3n) is 4.83. The molecule has 4 aromatic rings. The molecule has 7 nitrogen and oxygen atoms in total. The third kappa shape index (κ3) is 3.45. The molecule has 7 heteroatoms. The van der Waals surface area contributed by atoms with E-state index in [4.69, 9.17) is 0 Å². The quantitative estimate of drug-likeness (QED) is 0.311. The lowest BCUT2D eigenvalue weighted by Crippen LogP contribution is -2.17. The van der Waals surface area contributed by atoms with Crippen molar-refractivity contribution in [3.8, 4) is 0 Å². The Hall–Kier alpha value is -4.00. The van der Waals surface area contributed by atoms with E-state index in [0.717, 1.165) is 17.6 Å². The number of para-hydroxylation sites is 1. The van der Waals surface area contributed by atoms with E-state index in [0.29, 0.717) is 5.56 Å². The number of carbonyl (C=O) groups is 1. The zero-order valence-electron chi connectivity index (χ0n) is 15.7. The molecule has 1 N–H and O–H groups in total. The number of nitro benzene ring substituents is 1. The molecule has 0 atom stereocenters. The molecule has 0 saturated carbocycles. The Morgan fingerprint density at radius 1 is 1.07 bits per heavy atom. The summed E-state index contributed by atoms with van der Waals surface area (Å²) in [5.41, 5.74) is 5.84. The second kappa shape index (κ2) is 7.55. The Labute approximate surface area is 166 Å². The Morgan fingerprint density at radius 3 is 2.52 bits per heavy atom. The van der Waals surface area contributed by atoms with Crippen LogP contribution in [0.2, 0.25) is 0 Å². The van der Waals surface area contributed by atoms with Gasteiger partial charge in [0.05, 0.1) is 11.1 Å². The highest BCUT2D eigenvalue weighted by molar-refractivity contribution is 6.09. The maximum Gasteiger partial charge on any atom is 0.271 e. The smallest absolute Gasteiger partial charge is 0.271 e. The molecule has 144 valence electrons. The molecular formula is C22H18N4O3. The summed E-state index contributed by atoms with van der Waals surface area (Å²) in [6.45, 7) is 2.96. The predicted molar refractivity (Wildman–Crippen MR) is 113 cm³/mol. The molecule has 0 bridgehead atoms. The molecule has 0 aliphatic rings. The van der Waals surface area contributed by atoms with Gasteiger partial charge in [-0.1, -0.05) is 30.3 Å². The number of rotatable bonds is 5. The summed E-state index contributed by atoms with van der Waals surface area (Å²) in [7, 11) is 0. The summed E-state index contributed by atoms with van der Waals surface area (Å²) in [6, 6.07) is 19.7. The summed E-state index contributed by atoms with van der Waals surface area (Å²) in [6.07, 6.45) is 1.58. The van der Waals surface area contributed by atoms with Crippen molar-refractivity contribution in [1.82, 2.24) is 9.99 Å². The van der Waals surface area contributed by atoms with Gasteiger partial charge >= 0.3 is 0 Å². The average Bonchev–Trinajstić information content (AvgIpc) is 3.06. The standard InChI is InChI=1S/C22H18N4O3/c1-2-25-20-6-4-3-5-18(20)19-12-7-15(13-21(19)25)14-23-24-22(27)16-8-10-17(11-9-16)26(28)29/h3-14H,2H2,1H3,(H,24,27)/b23-14+.